The van der Waals surface area contributed by atoms with Crippen LogP contribution in [-0.4, -0.2) is 34.6 Å². The van der Waals surface area contributed by atoms with E-state index in [1.54, 1.807) is 24.4 Å². The number of nitriles is 1. The number of aryl methyl sites for hydroxylation is 2. The molecule has 1 aliphatic rings. The highest BCUT2D eigenvalue weighted by Gasteiger charge is 2.31. The summed E-state index contributed by atoms with van der Waals surface area (Å²) >= 11 is 0. The van der Waals surface area contributed by atoms with E-state index in [0.29, 0.717) is 40.0 Å². The first-order valence-corrected chi connectivity index (χ1v) is 11.5. The van der Waals surface area contributed by atoms with E-state index in [2.05, 4.69) is 24.7 Å². The normalized spacial score (nSPS) is 13.5. The number of ether oxygens (including phenoxy) is 1. The van der Waals surface area contributed by atoms with Crippen molar-refractivity contribution in [1.82, 2.24) is 19.9 Å². The van der Waals surface area contributed by atoms with Gasteiger partial charge in [-0.05, 0) is 44.9 Å². The number of hydrogen-bond acceptors (Lipinski definition) is 8. The first-order valence-electron chi connectivity index (χ1n) is 9.61. The average molecular weight is 436 g/mol. The lowest BCUT2D eigenvalue weighted by Crippen LogP contribution is -2.12. The first-order chi connectivity index (χ1) is 14.7. The zero-order chi connectivity index (χ0) is 22.2. The summed E-state index contributed by atoms with van der Waals surface area (Å²) in [6.45, 7) is 3.65. The molecule has 0 aliphatic heterocycles. The fourth-order valence-corrected chi connectivity index (χ4v) is 3.74. The molecule has 0 saturated heterocycles. The van der Waals surface area contributed by atoms with Crippen LogP contribution in [0.25, 0.3) is 11.3 Å². The molecule has 10 heteroatoms. The molecule has 0 aromatic carbocycles. The maximum absolute atomic E-state index is 11.9. The molecule has 3 aromatic heterocycles. The van der Waals surface area contributed by atoms with Crippen molar-refractivity contribution < 1.29 is 13.2 Å². The lowest BCUT2D eigenvalue weighted by molar-refractivity contribution is 0.448. The van der Waals surface area contributed by atoms with Gasteiger partial charge in [-0.1, -0.05) is 0 Å². The maximum atomic E-state index is 11.9. The third-order valence-corrected chi connectivity index (χ3v) is 5.25. The summed E-state index contributed by atoms with van der Waals surface area (Å²) in [6, 6.07) is 6.90. The Balaban J connectivity index is 1.82. The molecule has 0 radical (unpaired) electrons. The fraction of sp³-hybridized carbons (Fsp3) is 0.286. The first kappa shape index (κ1) is 20.7. The predicted molar refractivity (Wildman–Crippen MR) is 114 cm³/mol. The smallest absolute Gasteiger partial charge is 0.244 e. The monoisotopic (exact) mass is 436 g/mol. The van der Waals surface area contributed by atoms with Crippen LogP contribution in [-0.2, 0) is 10.0 Å². The summed E-state index contributed by atoms with van der Waals surface area (Å²) in [5.74, 6) is 1.50. The van der Waals surface area contributed by atoms with Gasteiger partial charge in [0.25, 0.3) is 0 Å². The Kier molecular flexibility index (Phi) is 5.29. The van der Waals surface area contributed by atoms with Gasteiger partial charge in [-0.15, -0.1) is 0 Å². The number of sulfonamides is 1. The SMILES string of the molecule is Cc1nc(C)c(Oc2nc(-c3cncc(C#N)c3)ccc2NS(C)(=O)=O)c(C2CC2)n1. The second-order valence-electron chi connectivity index (χ2n) is 7.44. The van der Waals surface area contributed by atoms with Crippen molar-refractivity contribution in [3.8, 4) is 29.0 Å². The number of nitrogens with zero attached hydrogens (tertiary/aromatic N) is 5. The molecule has 158 valence electrons. The highest BCUT2D eigenvalue weighted by molar-refractivity contribution is 7.92. The van der Waals surface area contributed by atoms with Gasteiger partial charge < -0.3 is 4.74 Å². The van der Waals surface area contributed by atoms with Gasteiger partial charge in [0, 0.05) is 23.9 Å². The molecule has 31 heavy (non-hydrogen) atoms. The highest BCUT2D eigenvalue weighted by Crippen LogP contribution is 2.45. The lowest BCUT2D eigenvalue weighted by Gasteiger charge is -2.16. The second-order valence-corrected chi connectivity index (χ2v) is 9.19. The van der Waals surface area contributed by atoms with E-state index in [9.17, 15) is 8.42 Å². The minimum atomic E-state index is -3.57. The Morgan fingerprint density at radius 3 is 2.61 bits per heavy atom. The standard InChI is InChI=1S/C21H20N6O3S/c1-12-20(19(15-4-5-15)25-13(2)24-12)30-21-18(27-31(3,28)29)7-6-17(26-21)16-8-14(9-22)10-23-11-16/h6-8,10-11,15,27H,4-5H2,1-3H3. The quantitative estimate of drug-likeness (QED) is 0.621. The Labute approximate surface area is 180 Å². The van der Waals surface area contributed by atoms with Crippen molar-refractivity contribution in [3.63, 3.8) is 0 Å². The van der Waals surface area contributed by atoms with Crippen LogP contribution in [0.1, 0.15) is 41.5 Å². The number of nitrogens with one attached hydrogen (secondary N) is 1. The number of pyridine rings is 2. The molecule has 0 atom stereocenters. The Bertz CT molecular complexity index is 1310. The molecule has 0 unspecified atom stereocenters. The molecular weight excluding hydrogens is 416 g/mol. The van der Waals surface area contributed by atoms with Gasteiger partial charge in [0.05, 0.1) is 28.9 Å². The zero-order valence-electron chi connectivity index (χ0n) is 17.2. The topological polar surface area (TPSA) is 131 Å². The van der Waals surface area contributed by atoms with Crippen molar-refractivity contribution in [1.29, 1.82) is 5.26 Å². The number of rotatable bonds is 6. The van der Waals surface area contributed by atoms with Crippen molar-refractivity contribution >= 4 is 15.7 Å². The van der Waals surface area contributed by atoms with Crippen molar-refractivity contribution in [2.24, 2.45) is 0 Å². The summed E-state index contributed by atoms with van der Waals surface area (Å²) in [7, 11) is -3.57. The third kappa shape index (κ3) is 4.78. The van der Waals surface area contributed by atoms with Crippen molar-refractivity contribution in [3.05, 3.63) is 53.4 Å². The van der Waals surface area contributed by atoms with E-state index < -0.39 is 10.0 Å². The van der Waals surface area contributed by atoms with Gasteiger partial charge in [-0.25, -0.2) is 23.4 Å². The summed E-state index contributed by atoms with van der Waals surface area (Å²) in [4.78, 5) is 17.5. The summed E-state index contributed by atoms with van der Waals surface area (Å²) in [5, 5.41) is 9.15. The molecule has 1 fully saturated rings. The molecular formula is C21H20N6O3S. The van der Waals surface area contributed by atoms with Crippen LogP contribution in [0, 0.1) is 25.2 Å². The minimum absolute atomic E-state index is 0.0720. The minimum Gasteiger partial charge on any atom is -0.433 e. The molecule has 0 spiro atoms. The van der Waals surface area contributed by atoms with Crippen LogP contribution in [0.3, 0.4) is 0 Å². The molecule has 9 nitrogen and oxygen atoms in total. The zero-order valence-corrected chi connectivity index (χ0v) is 18.1. The summed E-state index contributed by atoms with van der Waals surface area (Å²) < 4.78 is 32.3. The molecule has 3 heterocycles. The third-order valence-electron chi connectivity index (χ3n) is 4.65. The van der Waals surface area contributed by atoms with Gasteiger partial charge in [0.1, 0.15) is 17.6 Å². The van der Waals surface area contributed by atoms with Crippen molar-refractivity contribution in [2.45, 2.75) is 32.6 Å². The van der Waals surface area contributed by atoms with Crippen LogP contribution < -0.4 is 9.46 Å². The van der Waals surface area contributed by atoms with E-state index >= 15 is 0 Å². The number of anilines is 1. The lowest BCUT2D eigenvalue weighted by atomic mass is 10.1. The predicted octanol–water partition coefficient (Wildman–Crippen LogP) is 3.46. The highest BCUT2D eigenvalue weighted by atomic mass is 32.2. The Hall–Kier alpha value is -3.58. The number of aromatic nitrogens is 4. The van der Waals surface area contributed by atoms with Crippen LogP contribution in [0.15, 0.2) is 30.6 Å². The van der Waals surface area contributed by atoms with E-state index in [-0.39, 0.29) is 11.6 Å². The summed E-state index contributed by atoms with van der Waals surface area (Å²) in [6.07, 6.45) is 6.12. The number of hydrogen-bond donors (Lipinski definition) is 1. The van der Waals surface area contributed by atoms with Crippen LogP contribution in [0.2, 0.25) is 0 Å². The van der Waals surface area contributed by atoms with E-state index in [4.69, 9.17) is 10.00 Å². The fourth-order valence-electron chi connectivity index (χ4n) is 3.18. The summed E-state index contributed by atoms with van der Waals surface area (Å²) in [5.41, 5.74) is 3.12. The second kappa shape index (κ2) is 7.92. The average Bonchev–Trinajstić information content (AvgIpc) is 3.55. The molecule has 3 aromatic rings. The molecule has 0 amide bonds. The molecule has 1 saturated carbocycles. The van der Waals surface area contributed by atoms with Gasteiger partial charge in [0.2, 0.25) is 15.9 Å². The van der Waals surface area contributed by atoms with E-state index in [0.717, 1.165) is 24.8 Å². The van der Waals surface area contributed by atoms with Crippen LogP contribution >= 0.6 is 0 Å². The van der Waals surface area contributed by atoms with Gasteiger partial charge >= 0.3 is 0 Å². The van der Waals surface area contributed by atoms with E-state index in [1.165, 1.54) is 6.20 Å². The van der Waals surface area contributed by atoms with Gasteiger partial charge in [-0.3, -0.25) is 9.71 Å². The van der Waals surface area contributed by atoms with E-state index in [1.807, 2.05) is 19.9 Å². The largest absolute Gasteiger partial charge is 0.433 e. The van der Waals surface area contributed by atoms with Crippen LogP contribution in [0.5, 0.6) is 11.6 Å². The Morgan fingerprint density at radius 2 is 1.94 bits per heavy atom. The van der Waals surface area contributed by atoms with Crippen molar-refractivity contribution in [2.75, 3.05) is 11.0 Å². The molecule has 1 aliphatic carbocycles. The van der Waals surface area contributed by atoms with Gasteiger partial charge in [-0.2, -0.15) is 5.26 Å². The molecule has 1 N–H and O–H groups in total. The molecule has 4 rings (SSSR count). The Morgan fingerprint density at radius 1 is 1.16 bits per heavy atom. The van der Waals surface area contributed by atoms with Gasteiger partial charge in [0.15, 0.2) is 5.75 Å². The maximum Gasteiger partial charge on any atom is 0.244 e. The van der Waals surface area contributed by atoms with Crippen LogP contribution in [0.4, 0.5) is 5.69 Å². The molecule has 0 bridgehead atoms.